The molecule has 3 nitrogen and oxygen atoms in total. The second kappa shape index (κ2) is 6.28. The molecule has 0 aliphatic rings. The first-order valence-corrected chi connectivity index (χ1v) is 6.94. The van der Waals surface area contributed by atoms with E-state index < -0.39 is 23.2 Å². The molecule has 108 valence electrons. The van der Waals surface area contributed by atoms with E-state index in [0.29, 0.717) is 5.56 Å². The maximum Gasteiger partial charge on any atom is 0.255 e. The van der Waals surface area contributed by atoms with Crippen LogP contribution in [0.15, 0.2) is 40.9 Å². The van der Waals surface area contributed by atoms with E-state index in [0.717, 1.165) is 12.1 Å². The van der Waals surface area contributed by atoms with Gasteiger partial charge >= 0.3 is 0 Å². The highest BCUT2D eigenvalue weighted by atomic mass is 79.9. The second-order valence-corrected chi connectivity index (χ2v) is 5.50. The van der Waals surface area contributed by atoms with Crippen LogP contribution in [0.25, 0.3) is 0 Å². The molecule has 2 rings (SSSR count). The summed E-state index contributed by atoms with van der Waals surface area (Å²) in [5.41, 5.74) is 5.78. The Hall–Kier alpha value is -1.86. The van der Waals surface area contributed by atoms with E-state index in [1.54, 1.807) is 12.1 Å². The zero-order valence-electron chi connectivity index (χ0n) is 10.5. The average molecular weight is 371 g/mol. The SMILES string of the molecule is NC(=S)c1ccc(C(=O)Nc2c(F)cc(Br)cc2F)cc1. The molecule has 0 unspecified atom stereocenters. The Bertz CT molecular complexity index is 696. The third kappa shape index (κ3) is 3.62. The van der Waals surface area contributed by atoms with Crippen LogP contribution in [0, 0.1) is 11.6 Å². The molecule has 3 N–H and O–H groups in total. The quantitative estimate of drug-likeness (QED) is 0.811. The van der Waals surface area contributed by atoms with Gasteiger partial charge < -0.3 is 11.1 Å². The summed E-state index contributed by atoms with van der Waals surface area (Å²) in [4.78, 5) is 12.2. The van der Waals surface area contributed by atoms with Crippen molar-refractivity contribution >= 4 is 44.7 Å². The zero-order chi connectivity index (χ0) is 15.6. The topological polar surface area (TPSA) is 55.1 Å². The largest absolute Gasteiger partial charge is 0.389 e. The molecule has 0 fully saturated rings. The Kier molecular flexibility index (Phi) is 4.64. The van der Waals surface area contributed by atoms with Crippen LogP contribution in [0.4, 0.5) is 14.5 Å². The molecular formula is C14H9BrF2N2OS. The fourth-order valence-electron chi connectivity index (χ4n) is 1.63. The van der Waals surface area contributed by atoms with Crippen LogP contribution in [-0.4, -0.2) is 10.9 Å². The lowest BCUT2D eigenvalue weighted by Gasteiger charge is -2.08. The summed E-state index contributed by atoms with van der Waals surface area (Å²) < 4.78 is 27.5. The Balaban J connectivity index is 2.24. The van der Waals surface area contributed by atoms with E-state index in [9.17, 15) is 13.6 Å². The number of thiocarbonyl (C=S) groups is 1. The second-order valence-electron chi connectivity index (χ2n) is 4.14. The summed E-state index contributed by atoms with van der Waals surface area (Å²) in [6.45, 7) is 0. The van der Waals surface area contributed by atoms with Crippen molar-refractivity contribution in [2.75, 3.05) is 5.32 Å². The molecule has 0 heterocycles. The molecule has 0 saturated heterocycles. The number of halogens is 3. The summed E-state index contributed by atoms with van der Waals surface area (Å²) >= 11 is 7.76. The lowest BCUT2D eigenvalue weighted by Crippen LogP contribution is -2.15. The first kappa shape index (κ1) is 15.5. The normalized spacial score (nSPS) is 10.2. The lowest BCUT2D eigenvalue weighted by molar-refractivity contribution is 0.102. The maximum atomic E-state index is 13.6. The fourth-order valence-corrected chi connectivity index (χ4v) is 2.17. The molecule has 0 spiro atoms. The maximum absolute atomic E-state index is 13.6. The summed E-state index contributed by atoms with van der Waals surface area (Å²) in [6.07, 6.45) is 0. The van der Waals surface area contributed by atoms with Gasteiger partial charge in [-0.3, -0.25) is 4.79 Å². The van der Waals surface area contributed by atoms with Gasteiger partial charge in [0.1, 0.15) is 10.7 Å². The minimum absolute atomic E-state index is 0.201. The number of anilines is 1. The van der Waals surface area contributed by atoms with Gasteiger partial charge in [-0.15, -0.1) is 0 Å². The number of carbonyl (C=O) groups is 1. The molecule has 0 saturated carbocycles. The Labute approximate surface area is 133 Å². The molecule has 0 aliphatic heterocycles. The van der Waals surface area contributed by atoms with Gasteiger partial charge in [0.15, 0.2) is 11.6 Å². The Morgan fingerprint density at radius 1 is 1.10 bits per heavy atom. The molecule has 2 aromatic carbocycles. The van der Waals surface area contributed by atoms with Crippen molar-refractivity contribution in [3.05, 3.63) is 63.6 Å². The van der Waals surface area contributed by atoms with Crippen LogP contribution >= 0.6 is 28.1 Å². The summed E-state index contributed by atoms with van der Waals surface area (Å²) in [6, 6.07) is 8.19. The van der Waals surface area contributed by atoms with E-state index in [1.165, 1.54) is 12.1 Å². The molecule has 0 aliphatic carbocycles. The number of benzene rings is 2. The van der Waals surface area contributed by atoms with Crippen LogP contribution in [0.3, 0.4) is 0 Å². The number of hydrogen-bond acceptors (Lipinski definition) is 2. The van der Waals surface area contributed by atoms with Crippen molar-refractivity contribution in [2.24, 2.45) is 5.73 Å². The molecule has 21 heavy (non-hydrogen) atoms. The van der Waals surface area contributed by atoms with Crippen LogP contribution in [0.5, 0.6) is 0 Å². The predicted molar refractivity (Wildman–Crippen MR) is 84.3 cm³/mol. The van der Waals surface area contributed by atoms with Crippen LogP contribution < -0.4 is 11.1 Å². The first-order valence-electron chi connectivity index (χ1n) is 5.74. The number of nitrogens with two attached hydrogens (primary N) is 1. The molecule has 7 heteroatoms. The van der Waals surface area contributed by atoms with Crippen molar-refractivity contribution in [1.29, 1.82) is 0 Å². The van der Waals surface area contributed by atoms with E-state index >= 15 is 0 Å². The van der Waals surface area contributed by atoms with Gasteiger partial charge in [-0.05, 0) is 24.3 Å². The number of rotatable bonds is 3. The third-order valence-electron chi connectivity index (χ3n) is 2.68. The van der Waals surface area contributed by atoms with Crippen LogP contribution in [-0.2, 0) is 0 Å². The number of amides is 1. The highest BCUT2D eigenvalue weighted by molar-refractivity contribution is 9.10. The van der Waals surface area contributed by atoms with Gasteiger partial charge in [0.25, 0.3) is 5.91 Å². The summed E-state index contributed by atoms with van der Waals surface area (Å²) in [5.74, 6) is -2.37. The predicted octanol–water partition coefficient (Wildman–Crippen LogP) is 3.61. The minimum atomic E-state index is -0.866. The molecule has 0 aromatic heterocycles. The molecule has 2 aromatic rings. The number of hydrogen-bond donors (Lipinski definition) is 2. The van der Waals surface area contributed by atoms with Gasteiger partial charge in [0.2, 0.25) is 0 Å². The highest BCUT2D eigenvalue weighted by Crippen LogP contribution is 2.24. The van der Waals surface area contributed by atoms with Gasteiger partial charge in [0.05, 0.1) is 0 Å². The molecule has 0 radical (unpaired) electrons. The van der Waals surface area contributed by atoms with E-state index in [-0.39, 0.29) is 15.0 Å². The van der Waals surface area contributed by atoms with E-state index in [2.05, 4.69) is 21.2 Å². The minimum Gasteiger partial charge on any atom is -0.389 e. The third-order valence-corrected chi connectivity index (χ3v) is 3.37. The Morgan fingerprint density at radius 2 is 1.57 bits per heavy atom. The smallest absolute Gasteiger partial charge is 0.255 e. The molecule has 0 atom stereocenters. The van der Waals surface area contributed by atoms with Crippen LogP contribution in [0.2, 0.25) is 0 Å². The zero-order valence-corrected chi connectivity index (χ0v) is 12.9. The fraction of sp³-hybridized carbons (Fsp3) is 0. The summed E-state index contributed by atoms with van der Waals surface area (Å²) in [5, 5.41) is 2.20. The lowest BCUT2D eigenvalue weighted by atomic mass is 10.1. The first-order chi connectivity index (χ1) is 9.88. The van der Waals surface area contributed by atoms with Crippen molar-refractivity contribution in [2.45, 2.75) is 0 Å². The van der Waals surface area contributed by atoms with Crippen molar-refractivity contribution in [3.63, 3.8) is 0 Å². The summed E-state index contributed by atoms with van der Waals surface area (Å²) in [7, 11) is 0. The van der Waals surface area contributed by atoms with Gasteiger partial charge in [-0.25, -0.2) is 8.78 Å². The van der Waals surface area contributed by atoms with Gasteiger partial charge in [-0.2, -0.15) is 0 Å². The Morgan fingerprint density at radius 3 is 2.05 bits per heavy atom. The molecule has 1 amide bonds. The monoisotopic (exact) mass is 370 g/mol. The molecular weight excluding hydrogens is 362 g/mol. The molecule has 0 bridgehead atoms. The van der Waals surface area contributed by atoms with E-state index in [1.807, 2.05) is 0 Å². The van der Waals surface area contributed by atoms with E-state index in [4.69, 9.17) is 18.0 Å². The average Bonchev–Trinajstić information content (AvgIpc) is 2.42. The number of carbonyl (C=O) groups excluding carboxylic acids is 1. The van der Waals surface area contributed by atoms with Crippen molar-refractivity contribution in [3.8, 4) is 0 Å². The van der Waals surface area contributed by atoms with Crippen molar-refractivity contribution in [1.82, 2.24) is 0 Å². The van der Waals surface area contributed by atoms with Gasteiger partial charge in [-0.1, -0.05) is 40.3 Å². The van der Waals surface area contributed by atoms with Crippen LogP contribution in [0.1, 0.15) is 15.9 Å². The van der Waals surface area contributed by atoms with Gasteiger partial charge in [0, 0.05) is 15.6 Å². The highest BCUT2D eigenvalue weighted by Gasteiger charge is 2.14. The standard InChI is InChI=1S/C14H9BrF2N2OS/c15-9-5-10(16)12(11(17)6-9)19-14(20)8-3-1-7(2-4-8)13(18)21/h1-6H,(H2,18,21)(H,19,20). The number of nitrogens with one attached hydrogen (secondary N) is 1. The van der Waals surface area contributed by atoms with Crippen molar-refractivity contribution < 1.29 is 13.6 Å².